The molecule has 2 unspecified atom stereocenters. The van der Waals surface area contributed by atoms with Gasteiger partial charge in [-0.15, -0.1) is 0 Å². The van der Waals surface area contributed by atoms with Gasteiger partial charge in [-0.3, -0.25) is 9.89 Å². The van der Waals surface area contributed by atoms with Crippen molar-refractivity contribution in [3.63, 3.8) is 0 Å². The number of guanidine groups is 1. The Morgan fingerprint density at radius 3 is 2.67 bits per heavy atom. The van der Waals surface area contributed by atoms with E-state index in [1.165, 1.54) is 11.1 Å². The highest BCUT2D eigenvalue weighted by Gasteiger charge is 2.29. The van der Waals surface area contributed by atoms with E-state index in [2.05, 4.69) is 81.1 Å². The zero-order chi connectivity index (χ0) is 20.8. The van der Waals surface area contributed by atoms with Gasteiger partial charge in [0.15, 0.2) is 5.96 Å². The van der Waals surface area contributed by atoms with E-state index in [1.807, 2.05) is 30.1 Å². The highest BCUT2D eigenvalue weighted by Crippen LogP contribution is 2.20. The molecule has 0 amide bonds. The summed E-state index contributed by atoms with van der Waals surface area (Å²) in [5, 5.41) is 11.5. The van der Waals surface area contributed by atoms with Crippen molar-refractivity contribution in [2.24, 2.45) is 4.99 Å². The van der Waals surface area contributed by atoms with E-state index < -0.39 is 0 Å². The van der Waals surface area contributed by atoms with Gasteiger partial charge in [-0.1, -0.05) is 48.5 Å². The van der Waals surface area contributed by atoms with Crippen molar-refractivity contribution in [3.05, 3.63) is 84.2 Å². The molecular weight excluding hydrogens is 372 g/mol. The highest BCUT2D eigenvalue weighted by atomic mass is 15.3. The van der Waals surface area contributed by atoms with E-state index >= 15 is 0 Å². The molecule has 6 heteroatoms. The number of nitrogens with zero attached hydrogens (tertiary/aromatic N) is 4. The third kappa shape index (κ3) is 4.89. The van der Waals surface area contributed by atoms with Gasteiger partial charge in [-0.05, 0) is 36.6 Å². The highest BCUT2D eigenvalue weighted by molar-refractivity contribution is 5.80. The third-order valence-corrected chi connectivity index (χ3v) is 5.69. The second-order valence-electron chi connectivity index (χ2n) is 7.85. The number of aliphatic imine (C=N–C) groups is 1. The Balaban J connectivity index is 1.34. The van der Waals surface area contributed by atoms with Crippen molar-refractivity contribution in [1.29, 1.82) is 0 Å². The molecule has 6 nitrogen and oxygen atoms in total. The Labute approximate surface area is 178 Å². The number of likely N-dealkylation sites (tertiary alicyclic amines) is 1. The van der Waals surface area contributed by atoms with Gasteiger partial charge in [-0.25, -0.2) is 4.68 Å². The smallest absolute Gasteiger partial charge is 0.191 e. The second kappa shape index (κ2) is 9.59. The molecular formula is C24H30N6. The molecule has 30 heavy (non-hydrogen) atoms. The fraction of sp³-hybridized carbons (Fsp3) is 0.333. The van der Waals surface area contributed by atoms with Crippen LogP contribution in [0.5, 0.6) is 0 Å². The average Bonchev–Trinajstić information content (AvgIpc) is 3.42. The summed E-state index contributed by atoms with van der Waals surface area (Å²) in [5.41, 5.74) is 3.62. The van der Waals surface area contributed by atoms with Crippen molar-refractivity contribution >= 4 is 5.96 Å². The summed E-state index contributed by atoms with van der Waals surface area (Å²) in [6, 6.07) is 21.9. The molecule has 0 bridgehead atoms. The molecule has 1 saturated heterocycles. The average molecular weight is 403 g/mol. The molecule has 4 rings (SSSR count). The molecule has 1 aliphatic heterocycles. The molecule has 0 radical (unpaired) electrons. The zero-order valence-corrected chi connectivity index (χ0v) is 17.7. The van der Waals surface area contributed by atoms with E-state index in [0.717, 1.165) is 31.2 Å². The number of benzene rings is 2. The van der Waals surface area contributed by atoms with Crippen LogP contribution in [0.3, 0.4) is 0 Å². The first-order chi connectivity index (χ1) is 14.7. The molecule has 1 aromatic heterocycles. The first-order valence-electron chi connectivity index (χ1n) is 10.6. The Hall–Kier alpha value is -3.12. The Morgan fingerprint density at radius 1 is 1.10 bits per heavy atom. The molecule has 2 N–H and O–H groups in total. The molecule has 2 aromatic carbocycles. The van der Waals surface area contributed by atoms with E-state index in [1.54, 1.807) is 6.20 Å². The lowest BCUT2D eigenvalue weighted by atomic mass is 10.1. The van der Waals surface area contributed by atoms with Crippen LogP contribution >= 0.6 is 0 Å². The standard InChI is InChI=1S/C24H30N6/c1-19-15-22(18-29(19)17-20-9-4-3-5-10-20)28-24(25-2)26-16-21-11-6-7-12-23(21)30-14-8-13-27-30/h3-14,19,22H,15-18H2,1-2H3,(H2,25,26,28). The van der Waals surface area contributed by atoms with Gasteiger partial charge in [0.25, 0.3) is 0 Å². The predicted molar refractivity (Wildman–Crippen MR) is 122 cm³/mol. The first-order valence-corrected chi connectivity index (χ1v) is 10.6. The van der Waals surface area contributed by atoms with Gasteiger partial charge in [-0.2, -0.15) is 5.10 Å². The summed E-state index contributed by atoms with van der Waals surface area (Å²) >= 11 is 0. The number of para-hydroxylation sites is 1. The van der Waals surface area contributed by atoms with E-state index in [0.29, 0.717) is 18.6 Å². The fourth-order valence-corrected chi connectivity index (χ4v) is 4.10. The largest absolute Gasteiger partial charge is 0.352 e. The molecule has 2 atom stereocenters. The fourth-order valence-electron chi connectivity index (χ4n) is 4.10. The van der Waals surface area contributed by atoms with Crippen LogP contribution in [0.1, 0.15) is 24.5 Å². The molecule has 156 valence electrons. The van der Waals surface area contributed by atoms with E-state index in [-0.39, 0.29) is 0 Å². The summed E-state index contributed by atoms with van der Waals surface area (Å²) in [4.78, 5) is 6.98. The van der Waals surface area contributed by atoms with E-state index in [9.17, 15) is 0 Å². The lowest BCUT2D eigenvalue weighted by molar-refractivity contribution is 0.258. The summed E-state index contributed by atoms with van der Waals surface area (Å²) in [5.74, 6) is 0.837. The Morgan fingerprint density at radius 2 is 1.90 bits per heavy atom. The predicted octanol–water partition coefficient (Wildman–Crippen LogP) is 3.20. The van der Waals surface area contributed by atoms with Crippen molar-refractivity contribution in [1.82, 2.24) is 25.3 Å². The first kappa shape index (κ1) is 20.2. The quantitative estimate of drug-likeness (QED) is 0.491. The van der Waals surface area contributed by atoms with Crippen molar-refractivity contribution in [3.8, 4) is 5.69 Å². The molecule has 0 saturated carbocycles. The number of nitrogens with one attached hydrogen (secondary N) is 2. The van der Waals surface area contributed by atoms with Crippen LogP contribution in [0.15, 0.2) is 78.0 Å². The molecule has 3 aromatic rings. The Bertz CT molecular complexity index is 951. The number of aromatic nitrogens is 2. The van der Waals surface area contributed by atoms with Crippen LogP contribution in [0.4, 0.5) is 0 Å². The molecule has 1 fully saturated rings. The molecule has 2 heterocycles. The second-order valence-corrected chi connectivity index (χ2v) is 7.85. The number of rotatable bonds is 6. The lowest BCUT2D eigenvalue weighted by Crippen LogP contribution is -2.44. The topological polar surface area (TPSA) is 57.5 Å². The number of hydrogen-bond donors (Lipinski definition) is 2. The summed E-state index contributed by atoms with van der Waals surface area (Å²) < 4.78 is 1.90. The maximum absolute atomic E-state index is 4.45. The number of hydrogen-bond acceptors (Lipinski definition) is 3. The van der Waals surface area contributed by atoms with Crippen molar-refractivity contribution in [2.45, 2.75) is 38.5 Å². The molecule has 0 spiro atoms. The SMILES string of the molecule is CN=C(NCc1ccccc1-n1cccn1)NC1CC(C)N(Cc2ccccc2)C1. The van der Waals surface area contributed by atoms with Gasteiger partial charge in [0.2, 0.25) is 0 Å². The van der Waals surface area contributed by atoms with Crippen LogP contribution in [-0.2, 0) is 13.1 Å². The van der Waals surface area contributed by atoms with Crippen molar-refractivity contribution < 1.29 is 0 Å². The normalized spacial score (nSPS) is 19.7. The summed E-state index contributed by atoms with van der Waals surface area (Å²) in [6.45, 7) is 5.00. The van der Waals surface area contributed by atoms with E-state index in [4.69, 9.17) is 0 Å². The zero-order valence-electron chi connectivity index (χ0n) is 17.7. The Kier molecular flexibility index (Phi) is 6.44. The van der Waals surface area contributed by atoms with Gasteiger partial charge >= 0.3 is 0 Å². The van der Waals surface area contributed by atoms with Gasteiger partial charge < -0.3 is 10.6 Å². The molecule has 1 aliphatic rings. The van der Waals surface area contributed by atoms with Crippen LogP contribution in [0.25, 0.3) is 5.69 Å². The molecule has 0 aliphatic carbocycles. The van der Waals surface area contributed by atoms with Gasteiger partial charge in [0, 0.05) is 51.2 Å². The minimum absolute atomic E-state index is 0.385. The van der Waals surface area contributed by atoms with Crippen LogP contribution in [-0.4, -0.2) is 46.3 Å². The van der Waals surface area contributed by atoms with Crippen LogP contribution in [0.2, 0.25) is 0 Å². The van der Waals surface area contributed by atoms with Crippen molar-refractivity contribution in [2.75, 3.05) is 13.6 Å². The minimum Gasteiger partial charge on any atom is -0.352 e. The summed E-state index contributed by atoms with van der Waals surface area (Å²) in [6.07, 6.45) is 4.87. The van der Waals surface area contributed by atoms with Crippen LogP contribution < -0.4 is 10.6 Å². The maximum atomic E-state index is 4.45. The van der Waals surface area contributed by atoms with Gasteiger partial charge in [0.1, 0.15) is 0 Å². The minimum atomic E-state index is 0.385. The summed E-state index contributed by atoms with van der Waals surface area (Å²) in [7, 11) is 1.83. The third-order valence-electron chi connectivity index (χ3n) is 5.69. The maximum Gasteiger partial charge on any atom is 0.191 e. The van der Waals surface area contributed by atoms with Gasteiger partial charge in [0.05, 0.1) is 5.69 Å². The van der Waals surface area contributed by atoms with Crippen LogP contribution in [0, 0.1) is 0 Å². The monoisotopic (exact) mass is 402 g/mol. The lowest BCUT2D eigenvalue weighted by Gasteiger charge is -2.21.